The summed E-state index contributed by atoms with van der Waals surface area (Å²) in [5.74, 6) is -0.230. The van der Waals surface area contributed by atoms with E-state index in [0.717, 1.165) is 26.5 Å². The maximum Gasteiger partial charge on any atom is 0.265 e. The summed E-state index contributed by atoms with van der Waals surface area (Å²) in [4.78, 5) is 13.2. The van der Waals surface area contributed by atoms with Gasteiger partial charge in [-0.2, -0.15) is 0 Å². The number of carbonyl (C=O) groups is 1. The lowest BCUT2D eigenvalue weighted by molar-refractivity contribution is 0.0981. The normalized spacial score (nSPS) is 11.6. The number of nitrogens with zero attached hydrogens (tertiary/aromatic N) is 1. The van der Waals surface area contributed by atoms with E-state index in [9.17, 15) is 13.2 Å². The molecule has 1 N–H and O–H groups in total. The topological polar surface area (TPSA) is 77.4 Å². The van der Waals surface area contributed by atoms with E-state index >= 15 is 0 Å². The predicted octanol–water partition coefficient (Wildman–Crippen LogP) is 8.07. The summed E-state index contributed by atoms with van der Waals surface area (Å²) in [6.07, 6.45) is 2.72. The lowest BCUT2D eigenvalue weighted by Crippen LogP contribution is -2.31. The third-order valence-corrected chi connectivity index (χ3v) is 9.91. The molecule has 226 valence electrons. The van der Waals surface area contributed by atoms with Gasteiger partial charge in [0, 0.05) is 33.6 Å². The zero-order chi connectivity index (χ0) is 31.6. The van der Waals surface area contributed by atoms with Gasteiger partial charge >= 0.3 is 0 Å². The second-order valence-electron chi connectivity index (χ2n) is 10.9. The highest BCUT2D eigenvalue weighted by Crippen LogP contribution is 2.36. The number of fused-ring (bicyclic) bond motifs is 1. The molecule has 0 saturated heterocycles. The van der Waals surface area contributed by atoms with Crippen molar-refractivity contribution in [2.24, 2.45) is 0 Å². The standard InChI is InChI=1S/C37H31BrN2O4S/c1-25-11-9-10-16-35(25)45(42,43)39-37(41)29-18-17-28(34(22-29)44-2)21-30-24-40(33-20-19-31(38)23-32(30)33)36(26-12-5-3-6-13-26)27-14-7-4-8-15-27/h3-20,22-24,36H,21H2,1-2H3,(H,39,41). The molecule has 1 amide bonds. The first kappa shape index (κ1) is 30.4. The second kappa shape index (κ2) is 12.8. The number of aromatic nitrogens is 1. The molecule has 0 aliphatic carbocycles. The van der Waals surface area contributed by atoms with Crippen molar-refractivity contribution in [3.63, 3.8) is 0 Å². The molecule has 0 atom stereocenters. The van der Waals surface area contributed by atoms with Crippen molar-refractivity contribution in [1.82, 2.24) is 9.29 Å². The second-order valence-corrected chi connectivity index (χ2v) is 13.4. The average molecular weight is 680 g/mol. The van der Waals surface area contributed by atoms with Crippen LogP contribution < -0.4 is 9.46 Å². The molecule has 0 bridgehead atoms. The summed E-state index contributed by atoms with van der Waals surface area (Å²) >= 11 is 3.66. The van der Waals surface area contributed by atoms with Crippen molar-refractivity contribution in [3.8, 4) is 5.75 Å². The Morgan fingerprint density at radius 2 is 1.47 bits per heavy atom. The Morgan fingerprint density at radius 3 is 2.11 bits per heavy atom. The molecular weight excluding hydrogens is 648 g/mol. The molecule has 0 fully saturated rings. The number of benzene rings is 5. The minimum atomic E-state index is -4.04. The molecule has 0 aliphatic heterocycles. The lowest BCUT2D eigenvalue weighted by atomic mass is 9.98. The first-order valence-electron chi connectivity index (χ1n) is 14.4. The molecule has 5 aromatic carbocycles. The van der Waals surface area contributed by atoms with E-state index in [1.165, 1.54) is 17.2 Å². The highest BCUT2D eigenvalue weighted by molar-refractivity contribution is 9.10. The molecule has 8 heteroatoms. The van der Waals surface area contributed by atoms with Crippen molar-refractivity contribution < 1.29 is 17.9 Å². The zero-order valence-corrected chi connectivity index (χ0v) is 27.2. The Bertz CT molecular complexity index is 2070. The number of aryl methyl sites for hydroxylation is 1. The van der Waals surface area contributed by atoms with Crippen molar-refractivity contribution in [1.29, 1.82) is 0 Å². The Kier molecular flexibility index (Phi) is 8.61. The van der Waals surface area contributed by atoms with Gasteiger partial charge in [-0.25, -0.2) is 13.1 Å². The molecule has 6 aromatic rings. The van der Waals surface area contributed by atoms with Gasteiger partial charge in [0.15, 0.2) is 0 Å². The number of carbonyl (C=O) groups excluding carboxylic acids is 1. The maximum atomic E-state index is 13.1. The van der Waals surface area contributed by atoms with Crippen LogP contribution in [-0.4, -0.2) is 26.0 Å². The molecule has 6 nitrogen and oxygen atoms in total. The Balaban J connectivity index is 1.37. The first-order valence-corrected chi connectivity index (χ1v) is 16.7. The van der Waals surface area contributed by atoms with Gasteiger partial charge in [0.25, 0.3) is 15.9 Å². The predicted molar refractivity (Wildman–Crippen MR) is 181 cm³/mol. The fraction of sp³-hybridized carbons (Fsp3) is 0.108. The van der Waals surface area contributed by atoms with Gasteiger partial charge in [0.1, 0.15) is 5.75 Å². The highest BCUT2D eigenvalue weighted by atomic mass is 79.9. The van der Waals surface area contributed by atoms with E-state index in [-0.39, 0.29) is 16.5 Å². The number of amides is 1. The fourth-order valence-corrected chi connectivity index (χ4v) is 7.35. The lowest BCUT2D eigenvalue weighted by Gasteiger charge is -2.21. The van der Waals surface area contributed by atoms with Crippen LogP contribution in [0.25, 0.3) is 10.9 Å². The number of hydrogen-bond acceptors (Lipinski definition) is 4. The summed E-state index contributed by atoms with van der Waals surface area (Å²) < 4.78 is 37.1. The highest BCUT2D eigenvalue weighted by Gasteiger charge is 2.23. The summed E-state index contributed by atoms with van der Waals surface area (Å²) in [5.41, 5.74) is 6.12. The summed E-state index contributed by atoms with van der Waals surface area (Å²) in [6.45, 7) is 1.69. The number of sulfonamides is 1. The van der Waals surface area contributed by atoms with Crippen LogP contribution in [0.5, 0.6) is 5.75 Å². The fourth-order valence-electron chi connectivity index (χ4n) is 5.77. The van der Waals surface area contributed by atoms with Crippen LogP contribution in [0.15, 0.2) is 137 Å². The average Bonchev–Trinajstić information content (AvgIpc) is 3.38. The minimum absolute atomic E-state index is 0.0482. The number of rotatable bonds is 9. The van der Waals surface area contributed by atoms with E-state index in [1.54, 1.807) is 44.4 Å². The largest absolute Gasteiger partial charge is 0.496 e. The maximum absolute atomic E-state index is 13.1. The summed E-state index contributed by atoms with van der Waals surface area (Å²) in [6, 6.07) is 38.7. The van der Waals surface area contributed by atoms with Crippen LogP contribution in [0.4, 0.5) is 0 Å². The van der Waals surface area contributed by atoms with Crippen molar-refractivity contribution in [2.45, 2.75) is 24.3 Å². The van der Waals surface area contributed by atoms with Gasteiger partial charge in [-0.1, -0.05) is 101 Å². The van der Waals surface area contributed by atoms with E-state index in [4.69, 9.17) is 4.74 Å². The molecule has 0 unspecified atom stereocenters. The molecule has 0 saturated carbocycles. The summed E-state index contributed by atoms with van der Waals surface area (Å²) in [7, 11) is -2.50. The van der Waals surface area contributed by atoms with Crippen LogP contribution in [0.1, 0.15) is 44.2 Å². The number of hydrogen-bond donors (Lipinski definition) is 1. The SMILES string of the molecule is COc1cc(C(=O)NS(=O)(=O)c2ccccc2C)ccc1Cc1cn(C(c2ccccc2)c2ccccc2)c2ccc(Br)cc12. The Labute approximate surface area is 271 Å². The van der Waals surface area contributed by atoms with E-state index < -0.39 is 15.9 Å². The third kappa shape index (κ3) is 6.30. The van der Waals surface area contributed by atoms with E-state index in [0.29, 0.717) is 17.7 Å². The molecule has 45 heavy (non-hydrogen) atoms. The van der Waals surface area contributed by atoms with Crippen LogP contribution in [0.3, 0.4) is 0 Å². The number of ether oxygens (including phenoxy) is 1. The third-order valence-electron chi connectivity index (χ3n) is 7.93. The van der Waals surface area contributed by atoms with Crippen molar-refractivity contribution in [2.75, 3.05) is 7.11 Å². The first-order chi connectivity index (χ1) is 21.7. The van der Waals surface area contributed by atoms with Crippen molar-refractivity contribution in [3.05, 3.63) is 165 Å². The zero-order valence-electron chi connectivity index (χ0n) is 24.8. The van der Waals surface area contributed by atoms with Gasteiger partial charge in [-0.15, -0.1) is 0 Å². The quantitative estimate of drug-likeness (QED) is 0.168. The monoisotopic (exact) mass is 678 g/mol. The smallest absolute Gasteiger partial charge is 0.265 e. The van der Waals surface area contributed by atoms with Crippen LogP contribution in [-0.2, 0) is 16.4 Å². The van der Waals surface area contributed by atoms with Crippen molar-refractivity contribution >= 4 is 42.8 Å². The molecule has 1 heterocycles. The molecule has 1 aromatic heterocycles. The summed E-state index contributed by atoms with van der Waals surface area (Å²) in [5, 5.41) is 1.09. The number of halogens is 1. The number of nitrogens with one attached hydrogen (secondary N) is 1. The molecule has 6 rings (SSSR count). The molecule has 0 spiro atoms. The van der Waals surface area contributed by atoms with Gasteiger partial charge in [-0.3, -0.25) is 4.79 Å². The Morgan fingerprint density at radius 1 is 0.822 bits per heavy atom. The molecule has 0 aliphatic rings. The van der Waals surface area contributed by atoms with Gasteiger partial charge in [0.05, 0.1) is 18.0 Å². The van der Waals surface area contributed by atoms with E-state index in [2.05, 4.69) is 98.1 Å². The van der Waals surface area contributed by atoms with E-state index in [1.807, 2.05) is 18.2 Å². The molecule has 0 radical (unpaired) electrons. The van der Waals surface area contributed by atoms with Gasteiger partial charge < -0.3 is 9.30 Å². The number of methoxy groups -OCH3 is 1. The van der Waals surface area contributed by atoms with Crippen LogP contribution >= 0.6 is 15.9 Å². The van der Waals surface area contributed by atoms with Crippen LogP contribution in [0.2, 0.25) is 0 Å². The van der Waals surface area contributed by atoms with Gasteiger partial charge in [-0.05, 0) is 71.1 Å². The van der Waals surface area contributed by atoms with Crippen LogP contribution in [0, 0.1) is 6.92 Å². The minimum Gasteiger partial charge on any atom is -0.496 e. The van der Waals surface area contributed by atoms with Gasteiger partial charge in [0.2, 0.25) is 0 Å². The Hall–Kier alpha value is -4.66. The molecular formula is C37H31BrN2O4S.